The molecular weight excluding hydrogens is 336 g/mol. The normalized spacial score (nSPS) is 15.3. The maximum Gasteiger partial charge on any atom is 0.225 e. The number of nitrogens with zero attached hydrogens (tertiary/aromatic N) is 4. The molecule has 0 saturated carbocycles. The Bertz CT molecular complexity index is 710. The highest BCUT2D eigenvalue weighted by molar-refractivity contribution is 6.30. The predicted octanol–water partition coefficient (Wildman–Crippen LogP) is 3.15. The number of carbonyl (C=O) groups excluding carboxylic acids is 1. The second-order valence-electron chi connectivity index (χ2n) is 6.98. The molecule has 0 spiro atoms. The maximum atomic E-state index is 12.7. The first-order chi connectivity index (χ1) is 12.0. The summed E-state index contributed by atoms with van der Waals surface area (Å²) in [6, 6.07) is 9.56. The Hall–Kier alpha value is -2.14. The van der Waals surface area contributed by atoms with E-state index >= 15 is 0 Å². The minimum absolute atomic E-state index is 0.189. The van der Waals surface area contributed by atoms with Crippen molar-refractivity contribution in [2.45, 2.75) is 25.7 Å². The summed E-state index contributed by atoms with van der Waals surface area (Å²) in [6.45, 7) is 7.13. The quantitative estimate of drug-likeness (QED) is 0.842. The van der Waals surface area contributed by atoms with Gasteiger partial charge < -0.3 is 9.80 Å². The number of aromatic nitrogens is 2. The van der Waals surface area contributed by atoms with E-state index in [1.54, 1.807) is 12.4 Å². The van der Waals surface area contributed by atoms with Crippen molar-refractivity contribution in [2.75, 3.05) is 31.1 Å². The van der Waals surface area contributed by atoms with Gasteiger partial charge in [0.1, 0.15) is 0 Å². The Labute approximate surface area is 153 Å². The van der Waals surface area contributed by atoms with E-state index in [2.05, 4.69) is 28.7 Å². The van der Waals surface area contributed by atoms with Gasteiger partial charge in [-0.3, -0.25) is 4.79 Å². The number of halogens is 1. The molecule has 0 atom stereocenters. The molecule has 6 heteroatoms. The molecule has 1 aromatic carbocycles. The second-order valence-corrected chi connectivity index (χ2v) is 7.42. The van der Waals surface area contributed by atoms with E-state index in [4.69, 9.17) is 11.6 Å². The van der Waals surface area contributed by atoms with Crippen LogP contribution in [0.2, 0.25) is 5.02 Å². The lowest BCUT2D eigenvalue weighted by Gasteiger charge is -2.36. The van der Waals surface area contributed by atoms with E-state index < -0.39 is 0 Å². The van der Waals surface area contributed by atoms with Crippen molar-refractivity contribution in [1.29, 1.82) is 0 Å². The molecule has 2 aromatic rings. The van der Waals surface area contributed by atoms with Crippen LogP contribution in [0.1, 0.15) is 25.8 Å². The molecule has 2 heterocycles. The van der Waals surface area contributed by atoms with Crippen LogP contribution in [0.5, 0.6) is 0 Å². The highest BCUT2D eigenvalue weighted by atomic mass is 35.5. The zero-order valence-corrected chi connectivity index (χ0v) is 15.4. The third kappa shape index (κ3) is 4.28. The largest absolute Gasteiger partial charge is 0.339 e. The molecule has 1 amide bonds. The average Bonchev–Trinajstić information content (AvgIpc) is 2.62. The third-order valence-electron chi connectivity index (χ3n) is 4.69. The van der Waals surface area contributed by atoms with E-state index in [0.29, 0.717) is 24.5 Å². The fraction of sp³-hybridized carbons (Fsp3) is 0.421. The summed E-state index contributed by atoms with van der Waals surface area (Å²) in [7, 11) is 0. The van der Waals surface area contributed by atoms with Crippen LogP contribution in [0, 0.1) is 0 Å². The van der Waals surface area contributed by atoms with E-state index in [0.717, 1.165) is 24.6 Å². The van der Waals surface area contributed by atoms with Crippen LogP contribution in [0.3, 0.4) is 0 Å². The molecule has 3 rings (SSSR count). The lowest BCUT2D eigenvalue weighted by molar-refractivity contribution is -0.132. The minimum Gasteiger partial charge on any atom is -0.339 e. The van der Waals surface area contributed by atoms with Crippen molar-refractivity contribution in [3.05, 3.63) is 53.3 Å². The Morgan fingerprint density at radius 3 is 2.28 bits per heavy atom. The number of piperazine rings is 1. The standard InChI is InChI=1S/C19H23ClN4O/c1-19(2,15-4-6-16(20)7-5-15)14-17(25)23-10-12-24(13-11-23)18-21-8-3-9-22-18/h3-9H,10-14H2,1-2H3. The number of hydrogen-bond donors (Lipinski definition) is 0. The van der Waals surface area contributed by atoms with Crippen molar-refractivity contribution >= 4 is 23.5 Å². The number of carbonyl (C=O) groups is 1. The molecule has 0 N–H and O–H groups in total. The van der Waals surface area contributed by atoms with Gasteiger partial charge in [0.15, 0.2) is 0 Å². The lowest BCUT2D eigenvalue weighted by Crippen LogP contribution is -2.50. The third-order valence-corrected chi connectivity index (χ3v) is 4.94. The molecule has 0 aliphatic carbocycles. The fourth-order valence-corrected chi connectivity index (χ4v) is 3.23. The van der Waals surface area contributed by atoms with Crippen LogP contribution in [-0.2, 0) is 10.2 Å². The molecule has 132 valence electrons. The first-order valence-corrected chi connectivity index (χ1v) is 8.89. The van der Waals surface area contributed by atoms with Gasteiger partial charge in [0, 0.05) is 50.0 Å². The van der Waals surface area contributed by atoms with Gasteiger partial charge in [0.2, 0.25) is 11.9 Å². The maximum absolute atomic E-state index is 12.7. The summed E-state index contributed by atoms with van der Waals surface area (Å²) in [6.07, 6.45) is 3.97. The molecule has 1 saturated heterocycles. The molecule has 0 bridgehead atoms. The zero-order valence-electron chi connectivity index (χ0n) is 14.7. The Balaban J connectivity index is 1.58. The van der Waals surface area contributed by atoms with Gasteiger partial charge in [0.05, 0.1) is 0 Å². The molecule has 1 aliphatic rings. The molecule has 1 fully saturated rings. The molecule has 1 aromatic heterocycles. The van der Waals surface area contributed by atoms with Crippen molar-refractivity contribution in [2.24, 2.45) is 0 Å². The van der Waals surface area contributed by atoms with Gasteiger partial charge in [-0.15, -0.1) is 0 Å². The lowest BCUT2D eigenvalue weighted by atomic mass is 9.81. The van der Waals surface area contributed by atoms with Crippen molar-refractivity contribution in [3.8, 4) is 0 Å². The zero-order chi connectivity index (χ0) is 17.9. The monoisotopic (exact) mass is 358 g/mol. The molecule has 0 radical (unpaired) electrons. The molecular formula is C19H23ClN4O. The van der Waals surface area contributed by atoms with Crippen LogP contribution < -0.4 is 4.90 Å². The molecule has 25 heavy (non-hydrogen) atoms. The molecule has 1 aliphatic heterocycles. The van der Waals surface area contributed by atoms with Crippen LogP contribution in [0.15, 0.2) is 42.7 Å². The van der Waals surface area contributed by atoms with Crippen molar-refractivity contribution in [3.63, 3.8) is 0 Å². The molecule has 5 nitrogen and oxygen atoms in total. The van der Waals surface area contributed by atoms with Crippen LogP contribution in [-0.4, -0.2) is 47.0 Å². The van der Waals surface area contributed by atoms with Gasteiger partial charge >= 0.3 is 0 Å². The predicted molar refractivity (Wildman–Crippen MR) is 99.9 cm³/mol. The topological polar surface area (TPSA) is 49.3 Å². The van der Waals surface area contributed by atoms with Crippen LogP contribution >= 0.6 is 11.6 Å². The molecule has 0 unspecified atom stereocenters. The number of amides is 1. The second kappa shape index (κ2) is 7.40. The summed E-state index contributed by atoms with van der Waals surface area (Å²) in [4.78, 5) is 25.4. The summed E-state index contributed by atoms with van der Waals surface area (Å²) >= 11 is 5.96. The van der Waals surface area contributed by atoms with E-state index in [-0.39, 0.29) is 11.3 Å². The van der Waals surface area contributed by atoms with E-state index in [1.807, 2.05) is 35.2 Å². The fourth-order valence-electron chi connectivity index (χ4n) is 3.10. The smallest absolute Gasteiger partial charge is 0.225 e. The first-order valence-electron chi connectivity index (χ1n) is 8.51. The Morgan fingerprint density at radius 1 is 1.08 bits per heavy atom. The van der Waals surface area contributed by atoms with Gasteiger partial charge in [-0.25, -0.2) is 9.97 Å². The van der Waals surface area contributed by atoms with Crippen LogP contribution in [0.4, 0.5) is 5.95 Å². The summed E-state index contributed by atoms with van der Waals surface area (Å²) in [5.74, 6) is 0.921. The summed E-state index contributed by atoms with van der Waals surface area (Å²) in [5, 5.41) is 0.713. The summed E-state index contributed by atoms with van der Waals surface area (Å²) < 4.78 is 0. The van der Waals surface area contributed by atoms with Gasteiger partial charge in [-0.1, -0.05) is 37.6 Å². The summed E-state index contributed by atoms with van der Waals surface area (Å²) in [5.41, 5.74) is 0.906. The average molecular weight is 359 g/mol. The number of hydrogen-bond acceptors (Lipinski definition) is 4. The number of rotatable bonds is 4. The highest BCUT2D eigenvalue weighted by Crippen LogP contribution is 2.29. The van der Waals surface area contributed by atoms with Crippen molar-refractivity contribution < 1.29 is 4.79 Å². The Kier molecular flexibility index (Phi) is 5.23. The van der Waals surface area contributed by atoms with Crippen LogP contribution in [0.25, 0.3) is 0 Å². The first kappa shape index (κ1) is 17.7. The minimum atomic E-state index is -0.221. The SMILES string of the molecule is CC(C)(CC(=O)N1CCN(c2ncccn2)CC1)c1ccc(Cl)cc1. The van der Waals surface area contributed by atoms with E-state index in [9.17, 15) is 4.79 Å². The highest BCUT2D eigenvalue weighted by Gasteiger charge is 2.29. The van der Waals surface area contributed by atoms with Crippen molar-refractivity contribution in [1.82, 2.24) is 14.9 Å². The number of benzene rings is 1. The van der Waals surface area contributed by atoms with E-state index in [1.165, 1.54) is 0 Å². The Morgan fingerprint density at radius 2 is 1.68 bits per heavy atom. The van der Waals surface area contributed by atoms with Gasteiger partial charge in [0.25, 0.3) is 0 Å². The number of anilines is 1. The van der Waals surface area contributed by atoms with Gasteiger partial charge in [-0.05, 0) is 29.2 Å². The van der Waals surface area contributed by atoms with Gasteiger partial charge in [-0.2, -0.15) is 0 Å².